The van der Waals surface area contributed by atoms with Crippen LogP contribution in [-0.2, 0) is 16.1 Å². The molecule has 1 aromatic heterocycles. The van der Waals surface area contributed by atoms with E-state index in [4.69, 9.17) is 0 Å². The van der Waals surface area contributed by atoms with Crippen LogP contribution in [0.5, 0.6) is 0 Å². The average molecular weight is 381 g/mol. The molecule has 1 atom stereocenters. The number of hydrogen-bond acceptors (Lipinski definition) is 4. The van der Waals surface area contributed by atoms with E-state index in [9.17, 15) is 9.59 Å². The second kappa shape index (κ2) is 10.4. The molecule has 0 spiro atoms. The van der Waals surface area contributed by atoms with Gasteiger partial charge in [0.05, 0.1) is 18.8 Å². The molecule has 0 radical (unpaired) electrons. The van der Waals surface area contributed by atoms with E-state index >= 15 is 0 Å². The molecule has 2 aromatic rings. The molecule has 1 fully saturated rings. The van der Waals surface area contributed by atoms with E-state index in [0.717, 1.165) is 25.1 Å². The van der Waals surface area contributed by atoms with E-state index in [1.807, 2.05) is 53.2 Å². The molecule has 3 rings (SSSR count). The Morgan fingerprint density at radius 3 is 2.96 bits per heavy atom. The highest BCUT2D eigenvalue weighted by Crippen LogP contribution is 2.10. The van der Waals surface area contributed by atoms with E-state index in [1.54, 1.807) is 12.5 Å². The summed E-state index contributed by atoms with van der Waals surface area (Å²) >= 11 is 0. The van der Waals surface area contributed by atoms with Gasteiger partial charge in [0.25, 0.3) is 0 Å². The van der Waals surface area contributed by atoms with Crippen LogP contribution in [0.3, 0.4) is 0 Å². The van der Waals surface area contributed by atoms with Crippen molar-refractivity contribution in [2.24, 2.45) is 0 Å². The number of rotatable bonds is 9. The number of imidazole rings is 1. The number of hydrogen-bond donors (Lipinski definition) is 2. The van der Waals surface area contributed by atoms with Crippen molar-refractivity contribution >= 4 is 17.9 Å². The molecular formula is C21H27N5O2. The molecule has 0 aliphatic carbocycles. The molecule has 1 aliphatic heterocycles. The van der Waals surface area contributed by atoms with Crippen molar-refractivity contribution in [3.8, 4) is 0 Å². The molecule has 1 unspecified atom stereocenters. The van der Waals surface area contributed by atoms with Crippen LogP contribution in [0.2, 0.25) is 0 Å². The minimum absolute atomic E-state index is 0.0760. The standard InChI is InChI=1S/C21H27N5O2/c27-20(23-9-5-12-25-14-10-22-17-25)16-19-21(28)24-11-15-26(19)13-4-8-18-6-2-1-3-7-18/h1-4,6-8,10,14,17,19H,5,9,11-13,15-16H2,(H,23,27)(H,24,28). The van der Waals surface area contributed by atoms with E-state index in [1.165, 1.54) is 0 Å². The highest BCUT2D eigenvalue weighted by Gasteiger charge is 2.30. The molecule has 2 heterocycles. The van der Waals surface area contributed by atoms with Crippen molar-refractivity contribution in [3.05, 3.63) is 60.7 Å². The summed E-state index contributed by atoms with van der Waals surface area (Å²) < 4.78 is 1.97. The lowest BCUT2D eigenvalue weighted by atomic mass is 10.1. The largest absolute Gasteiger partial charge is 0.356 e. The maximum atomic E-state index is 12.3. The van der Waals surface area contributed by atoms with Crippen molar-refractivity contribution < 1.29 is 9.59 Å². The van der Waals surface area contributed by atoms with E-state index in [2.05, 4.69) is 20.5 Å². The first-order valence-corrected chi connectivity index (χ1v) is 9.68. The van der Waals surface area contributed by atoms with Gasteiger partial charge in [-0.15, -0.1) is 0 Å². The predicted molar refractivity (Wildman–Crippen MR) is 108 cm³/mol. The molecule has 28 heavy (non-hydrogen) atoms. The highest BCUT2D eigenvalue weighted by atomic mass is 16.2. The number of piperazine rings is 1. The van der Waals surface area contributed by atoms with Gasteiger partial charge in [0, 0.05) is 45.1 Å². The van der Waals surface area contributed by atoms with Crippen LogP contribution < -0.4 is 10.6 Å². The normalized spacial score (nSPS) is 17.6. The number of aryl methyl sites for hydroxylation is 1. The first-order valence-electron chi connectivity index (χ1n) is 9.68. The van der Waals surface area contributed by atoms with Crippen molar-refractivity contribution in [3.63, 3.8) is 0 Å². The van der Waals surface area contributed by atoms with Crippen molar-refractivity contribution in [1.29, 1.82) is 0 Å². The van der Waals surface area contributed by atoms with Gasteiger partial charge < -0.3 is 15.2 Å². The summed E-state index contributed by atoms with van der Waals surface area (Å²) in [4.78, 5) is 30.6. The van der Waals surface area contributed by atoms with Crippen molar-refractivity contribution in [2.45, 2.75) is 25.4 Å². The Balaban J connectivity index is 1.45. The summed E-state index contributed by atoms with van der Waals surface area (Å²) in [6.07, 6.45) is 10.5. The van der Waals surface area contributed by atoms with Crippen molar-refractivity contribution in [2.75, 3.05) is 26.2 Å². The first kappa shape index (κ1) is 19.8. The van der Waals surface area contributed by atoms with Crippen LogP contribution in [0.4, 0.5) is 0 Å². The smallest absolute Gasteiger partial charge is 0.237 e. The zero-order valence-electron chi connectivity index (χ0n) is 16.0. The molecule has 148 valence electrons. The number of aromatic nitrogens is 2. The highest BCUT2D eigenvalue weighted by molar-refractivity contribution is 5.88. The number of carbonyl (C=O) groups excluding carboxylic acids is 2. The predicted octanol–water partition coefficient (Wildman–Crippen LogP) is 1.29. The third-order valence-corrected chi connectivity index (χ3v) is 4.74. The van der Waals surface area contributed by atoms with Crippen LogP contribution >= 0.6 is 0 Å². The van der Waals surface area contributed by atoms with Crippen molar-refractivity contribution in [1.82, 2.24) is 25.1 Å². The zero-order valence-corrected chi connectivity index (χ0v) is 16.0. The molecule has 0 bridgehead atoms. The Bertz CT molecular complexity index is 773. The number of amides is 2. The van der Waals surface area contributed by atoms with Crippen LogP contribution in [-0.4, -0.2) is 58.5 Å². The van der Waals surface area contributed by atoms with Crippen LogP contribution in [0, 0.1) is 0 Å². The van der Waals surface area contributed by atoms with E-state index in [-0.39, 0.29) is 18.2 Å². The van der Waals surface area contributed by atoms with Gasteiger partial charge in [0.2, 0.25) is 11.8 Å². The fourth-order valence-corrected chi connectivity index (χ4v) is 3.25. The molecule has 7 heteroatoms. The third kappa shape index (κ3) is 6.06. The second-order valence-corrected chi connectivity index (χ2v) is 6.82. The molecule has 1 saturated heterocycles. The van der Waals surface area contributed by atoms with Gasteiger partial charge in [-0.25, -0.2) is 4.98 Å². The molecule has 7 nitrogen and oxygen atoms in total. The minimum atomic E-state index is -0.428. The maximum Gasteiger partial charge on any atom is 0.237 e. The summed E-state index contributed by atoms with van der Waals surface area (Å²) in [6, 6.07) is 9.61. The summed E-state index contributed by atoms with van der Waals surface area (Å²) in [5, 5.41) is 5.78. The lowest BCUT2D eigenvalue weighted by molar-refractivity contribution is -0.133. The Morgan fingerprint density at radius 1 is 1.32 bits per heavy atom. The van der Waals surface area contributed by atoms with Gasteiger partial charge in [0.1, 0.15) is 0 Å². The SMILES string of the molecule is O=C(CC1C(=O)NCCN1CC=Cc1ccccc1)NCCCn1ccnc1. The Morgan fingerprint density at radius 2 is 2.18 bits per heavy atom. The molecule has 2 amide bonds. The lowest BCUT2D eigenvalue weighted by Crippen LogP contribution is -2.56. The second-order valence-electron chi connectivity index (χ2n) is 6.82. The average Bonchev–Trinajstić information content (AvgIpc) is 3.22. The number of carbonyl (C=O) groups is 2. The van der Waals surface area contributed by atoms with Crippen LogP contribution in [0.15, 0.2) is 55.1 Å². The van der Waals surface area contributed by atoms with E-state index < -0.39 is 6.04 Å². The molecule has 1 aromatic carbocycles. The Labute approximate surface area is 165 Å². The molecule has 2 N–H and O–H groups in total. The van der Waals surface area contributed by atoms with E-state index in [0.29, 0.717) is 19.6 Å². The Kier molecular flexibility index (Phi) is 7.37. The number of nitrogens with zero attached hydrogens (tertiary/aromatic N) is 3. The zero-order chi connectivity index (χ0) is 19.6. The fourth-order valence-electron chi connectivity index (χ4n) is 3.25. The van der Waals surface area contributed by atoms with Gasteiger partial charge in [0.15, 0.2) is 0 Å². The van der Waals surface area contributed by atoms with Crippen LogP contribution in [0.25, 0.3) is 6.08 Å². The molecular weight excluding hydrogens is 354 g/mol. The lowest BCUT2D eigenvalue weighted by Gasteiger charge is -2.33. The summed E-state index contributed by atoms with van der Waals surface area (Å²) in [6.45, 7) is 3.38. The quantitative estimate of drug-likeness (QED) is 0.642. The minimum Gasteiger partial charge on any atom is -0.356 e. The van der Waals surface area contributed by atoms with Gasteiger partial charge >= 0.3 is 0 Å². The Hall–Kier alpha value is -2.93. The maximum absolute atomic E-state index is 12.3. The molecule has 1 aliphatic rings. The first-order chi connectivity index (χ1) is 13.7. The number of nitrogens with one attached hydrogen (secondary N) is 2. The number of benzene rings is 1. The summed E-state index contributed by atoms with van der Waals surface area (Å²) in [5.41, 5.74) is 1.12. The monoisotopic (exact) mass is 381 g/mol. The fraction of sp³-hybridized carbons (Fsp3) is 0.381. The topological polar surface area (TPSA) is 79.3 Å². The van der Waals surface area contributed by atoms with Gasteiger partial charge in [-0.3, -0.25) is 14.5 Å². The van der Waals surface area contributed by atoms with Gasteiger partial charge in [-0.05, 0) is 12.0 Å². The van der Waals surface area contributed by atoms with Crippen LogP contribution in [0.1, 0.15) is 18.4 Å². The molecule has 0 saturated carbocycles. The summed E-state index contributed by atoms with van der Waals surface area (Å²) in [5.74, 6) is -0.169. The van der Waals surface area contributed by atoms with Gasteiger partial charge in [-0.2, -0.15) is 0 Å². The summed E-state index contributed by atoms with van der Waals surface area (Å²) in [7, 11) is 0. The third-order valence-electron chi connectivity index (χ3n) is 4.74. The van der Waals surface area contributed by atoms with Gasteiger partial charge in [-0.1, -0.05) is 42.5 Å².